The summed E-state index contributed by atoms with van der Waals surface area (Å²) in [5.41, 5.74) is -0.736. The lowest BCUT2D eigenvalue weighted by Crippen LogP contribution is -2.47. The molecule has 0 amide bonds. The van der Waals surface area contributed by atoms with E-state index in [0.717, 1.165) is 13.0 Å². The van der Waals surface area contributed by atoms with E-state index < -0.39 is 21.2 Å². The van der Waals surface area contributed by atoms with Crippen molar-refractivity contribution in [3.8, 4) is 0 Å². The van der Waals surface area contributed by atoms with Gasteiger partial charge in [0.05, 0.1) is 16.4 Å². The van der Waals surface area contributed by atoms with Crippen molar-refractivity contribution < 1.29 is 18.3 Å². The Balaban J connectivity index is 2.57. The predicted molar refractivity (Wildman–Crippen MR) is 70.3 cm³/mol. The third kappa shape index (κ3) is 3.68. The van der Waals surface area contributed by atoms with Gasteiger partial charge in [0, 0.05) is 13.1 Å². The monoisotopic (exact) mass is 277 g/mol. The number of carbonyl (C=O) groups is 1. The van der Waals surface area contributed by atoms with Gasteiger partial charge >= 0.3 is 5.97 Å². The standard InChI is InChI=1S/C12H23NO4S/c1-10(2)18(16,17)8-7-13-6-4-5-12(3,9-13)11(14)15/h10H,4-9H2,1-3H3,(H,14,15). The number of nitrogens with zero attached hydrogens (tertiary/aromatic N) is 1. The van der Waals surface area contributed by atoms with Gasteiger partial charge in [0.25, 0.3) is 0 Å². The van der Waals surface area contributed by atoms with Crippen LogP contribution in [0.3, 0.4) is 0 Å². The number of hydrogen-bond donors (Lipinski definition) is 1. The Labute approximate surface area is 109 Å². The number of hydrogen-bond acceptors (Lipinski definition) is 4. The molecule has 0 spiro atoms. The number of aliphatic carboxylic acids is 1. The lowest BCUT2D eigenvalue weighted by molar-refractivity contribution is -0.151. The zero-order valence-electron chi connectivity index (χ0n) is 11.3. The minimum atomic E-state index is -3.04. The number of rotatable bonds is 5. The summed E-state index contributed by atoms with van der Waals surface area (Å²) in [5, 5.41) is 8.82. The largest absolute Gasteiger partial charge is 0.481 e. The molecule has 1 rings (SSSR count). The molecule has 0 aromatic heterocycles. The van der Waals surface area contributed by atoms with Crippen LogP contribution in [-0.2, 0) is 14.6 Å². The number of piperidine rings is 1. The minimum Gasteiger partial charge on any atom is -0.481 e. The summed E-state index contributed by atoms with van der Waals surface area (Å²) in [6, 6.07) is 0. The van der Waals surface area contributed by atoms with Crippen LogP contribution in [0, 0.1) is 5.41 Å². The van der Waals surface area contributed by atoms with Crippen LogP contribution in [0.25, 0.3) is 0 Å². The smallest absolute Gasteiger partial charge is 0.310 e. The van der Waals surface area contributed by atoms with Crippen molar-refractivity contribution in [1.29, 1.82) is 0 Å². The van der Waals surface area contributed by atoms with Crippen molar-refractivity contribution >= 4 is 15.8 Å². The maximum absolute atomic E-state index is 11.7. The summed E-state index contributed by atoms with van der Waals surface area (Å²) < 4.78 is 23.5. The third-order valence-corrected chi connectivity index (χ3v) is 5.89. The Bertz CT molecular complexity index is 404. The van der Waals surface area contributed by atoms with Crippen LogP contribution in [0.4, 0.5) is 0 Å². The summed E-state index contributed by atoms with van der Waals surface area (Å²) in [4.78, 5) is 13.1. The number of sulfone groups is 1. The van der Waals surface area contributed by atoms with E-state index in [1.165, 1.54) is 0 Å². The van der Waals surface area contributed by atoms with Crippen molar-refractivity contribution in [2.45, 2.75) is 38.9 Å². The molecular formula is C12H23NO4S. The second-order valence-electron chi connectivity index (χ2n) is 5.66. The maximum Gasteiger partial charge on any atom is 0.310 e. The first-order chi connectivity index (χ1) is 8.17. The van der Waals surface area contributed by atoms with Crippen LogP contribution in [0.5, 0.6) is 0 Å². The topological polar surface area (TPSA) is 74.7 Å². The molecule has 5 nitrogen and oxygen atoms in total. The fourth-order valence-electron chi connectivity index (χ4n) is 2.20. The maximum atomic E-state index is 11.7. The molecule has 18 heavy (non-hydrogen) atoms. The van der Waals surface area contributed by atoms with Crippen molar-refractivity contribution in [3.05, 3.63) is 0 Å². The summed E-state index contributed by atoms with van der Waals surface area (Å²) in [5.74, 6) is -0.681. The second-order valence-corrected chi connectivity index (χ2v) is 8.34. The first kappa shape index (κ1) is 15.4. The zero-order valence-corrected chi connectivity index (χ0v) is 12.2. The van der Waals surface area contributed by atoms with Crippen LogP contribution in [-0.4, -0.2) is 55.0 Å². The Hall–Kier alpha value is -0.620. The van der Waals surface area contributed by atoms with Crippen LogP contribution in [0.15, 0.2) is 0 Å². The molecule has 1 N–H and O–H groups in total. The van der Waals surface area contributed by atoms with E-state index in [4.69, 9.17) is 0 Å². The molecule has 0 bridgehead atoms. The minimum absolute atomic E-state index is 0.111. The molecule has 0 aliphatic carbocycles. The molecule has 1 unspecified atom stereocenters. The van der Waals surface area contributed by atoms with E-state index in [1.807, 2.05) is 4.90 Å². The zero-order chi connectivity index (χ0) is 14.0. The van der Waals surface area contributed by atoms with Crippen molar-refractivity contribution in [3.63, 3.8) is 0 Å². The summed E-state index contributed by atoms with van der Waals surface area (Å²) in [6.45, 7) is 6.74. The normalized spacial score (nSPS) is 26.4. The molecule has 1 fully saturated rings. The van der Waals surface area contributed by atoms with E-state index in [-0.39, 0.29) is 11.0 Å². The highest BCUT2D eigenvalue weighted by Crippen LogP contribution is 2.29. The predicted octanol–water partition coefficient (Wildman–Crippen LogP) is 0.996. The van der Waals surface area contributed by atoms with Gasteiger partial charge in [-0.2, -0.15) is 0 Å². The highest BCUT2D eigenvalue weighted by atomic mass is 32.2. The molecule has 6 heteroatoms. The lowest BCUT2D eigenvalue weighted by Gasteiger charge is -2.37. The molecule has 1 heterocycles. The Kier molecular flexibility index (Phi) is 4.78. The van der Waals surface area contributed by atoms with E-state index in [1.54, 1.807) is 20.8 Å². The average Bonchev–Trinajstić information content (AvgIpc) is 2.26. The number of carboxylic acid groups (broad SMARTS) is 1. The average molecular weight is 277 g/mol. The molecule has 1 atom stereocenters. The first-order valence-electron chi connectivity index (χ1n) is 6.35. The Morgan fingerprint density at radius 1 is 1.44 bits per heavy atom. The van der Waals surface area contributed by atoms with Gasteiger partial charge < -0.3 is 10.0 Å². The summed E-state index contributed by atoms with van der Waals surface area (Å²) in [6.07, 6.45) is 1.47. The van der Waals surface area contributed by atoms with Gasteiger partial charge in [-0.3, -0.25) is 4.79 Å². The molecule has 0 aromatic carbocycles. The number of likely N-dealkylation sites (tertiary alicyclic amines) is 1. The molecule has 106 valence electrons. The van der Waals surface area contributed by atoms with Gasteiger partial charge in [0.2, 0.25) is 0 Å². The molecule has 0 saturated carbocycles. The van der Waals surface area contributed by atoms with Crippen molar-refractivity contribution in [2.24, 2.45) is 5.41 Å². The van der Waals surface area contributed by atoms with Crippen LogP contribution < -0.4 is 0 Å². The molecule has 1 saturated heterocycles. The molecular weight excluding hydrogens is 254 g/mol. The molecule has 0 aromatic rings. The quantitative estimate of drug-likeness (QED) is 0.811. The first-order valence-corrected chi connectivity index (χ1v) is 8.06. The summed E-state index contributed by atoms with van der Waals surface area (Å²) in [7, 11) is -3.04. The highest BCUT2D eigenvalue weighted by molar-refractivity contribution is 7.92. The van der Waals surface area contributed by atoms with Gasteiger partial charge in [-0.1, -0.05) is 0 Å². The van der Waals surface area contributed by atoms with Crippen molar-refractivity contribution in [2.75, 3.05) is 25.4 Å². The van der Waals surface area contributed by atoms with Crippen LogP contribution in [0.1, 0.15) is 33.6 Å². The third-order valence-electron chi connectivity index (χ3n) is 3.70. The van der Waals surface area contributed by atoms with Gasteiger partial charge in [0.15, 0.2) is 9.84 Å². The summed E-state index contributed by atoms with van der Waals surface area (Å²) >= 11 is 0. The van der Waals surface area contributed by atoms with E-state index in [0.29, 0.717) is 19.5 Å². The SMILES string of the molecule is CC(C)S(=O)(=O)CCN1CCCC(C)(C(=O)O)C1. The fourth-order valence-corrected chi connectivity index (χ4v) is 3.19. The van der Waals surface area contributed by atoms with Crippen molar-refractivity contribution in [1.82, 2.24) is 4.90 Å². The van der Waals surface area contributed by atoms with Crippen LogP contribution in [0.2, 0.25) is 0 Å². The van der Waals surface area contributed by atoms with Gasteiger partial charge in [0.1, 0.15) is 0 Å². The van der Waals surface area contributed by atoms with Crippen LogP contribution >= 0.6 is 0 Å². The Morgan fingerprint density at radius 2 is 2.06 bits per heavy atom. The van der Waals surface area contributed by atoms with E-state index in [2.05, 4.69) is 0 Å². The molecule has 1 aliphatic heterocycles. The number of carboxylic acids is 1. The second kappa shape index (κ2) is 5.57. The van der Waals surface area contributed by atoms with Gasteiger partial charge in [-0.05, 0) is 40.2 Å². The molecule has 0 radical (unpaired) electrons. The van der Waals surface area contributed by atoms with E-state index >= 15 is 0 Å². The lowest BCUT2D eigenvalue weighted by atomic mass is 9.82. The highest BCUT2D eigenvalue weighted by Gasteiger charge is 2.37. The Morgan fingerprint density at radius 3 is 2.56 bits per heavy atom. The molecule has 1 aliphatic rings. The van der Waals surface area contributed by atoms with Gasteiger partial charge in [-0.25, -0.2) is 8.42 Å². The van der Waals surface area contributed by atoms with E-state index in [9.17, 15) is 18.3 Å². The van der Waals surface area contributed by atoms with Gasteiger partial charge in [-0.15, -0.1) is 0 Å². The fraction of sp³-hybridized carbons (Fsp3) is 0.917.